The monoisotopic (exact) mass is 316 g/mol. The Labute approximate surface area is 135 Å². The van der Waals surface area contributed by atoms with E-state index in [9.17, 15) is 9.18 Å². The Hall–Kier alpha value is -2.14. The van der Waals surface area contributed by atoms with Crippen LogP contribution in [0, 0.1) is 12.7 Å². The largest absolute Gasteiger partial charge is 0.350 e. The van der Waals surface area contributed by atoms with E-state index in [2.05, 4.69) is 16.0 Å². The molecule has 0 saturated carbocycles. The first-order valence-corrected chi connectivity index (χ1v) is 8.06. The number of hydrogen-bond donors (Lipinski definition) is 2. The summed E-state index contributed by atoms with van der Waals surface area (Å²) < 4.78 is 16.0. The van der Waals surface area contributed by atoms with E-state index in [1.165, 1.54) is 16.7 Å². The van der Waals surface area contributed by atoms with Gasteiger partial charge in [-0.15, -0.1) is 0 Å². The van der Waals surface area contributed by atoms with Crippen molar-refractivity contribution in [3.05, 3.63) is 53.6 Å². The smallest absolute Gasteiger partial charge is 0.279 e. The first kappa shape index (κ1) is 15.7. The van der Waals surface area contributed by atoms with Crippen LogP contribution in [0.5, 0.6) is 0 Å². The van der Waals surface area contributed by atoms with Crippen molar-refractivity contribution < 1.29 is 14.1 Å². The molecule has 1 aliphatic heterocycles. The number of likely N-dealkylation sites (tertiary alicyclic amines) is 1. The van der Waals surface area contributed by atoms with Gasteiger partial charge in [-0.25, -0.2) is 4.39 Å². The molecular weight excluding hydrogens is 293 g/mol. The third-order valence-electron chi connectivity index (χ3n) is 4.61. The predicted molar refractivity (Wildman–Crippen MR) is 87.9 cm³/mol. The molecule has 1 aromatic heterocycles. The fourth-order valence-electron chi connectivity index (χ4n) is 3.44. The number of amides is 1. The summed E-state index contributed by atoms with van der Waals surface area (Å²) in [7, 11) is 2.03. The van der Waals surface area contributed by atoms with Crippen LogP contribution in [0.2, 0.25) is 0 Å². The number of nitrogens with one attached hydrogen (secondary N) is 2. The lowest BCUT2D eigenvalue weighted by atomic mass is 10.1. The lowest BCUT2D eigenvalue weighted by Gasteiger charge is -2.21. The SMILES string of the molecule is Cc1ccc(NC(=O)C[NH+]2CCC[C@@H]2c2cccn2C)c(F)c1. The summed E-state index contributed by atoms with van der Waals surface area (Å²) in [5.41, 5.74) is 2.36. The molecule has 1 aliphatic rings. The average molecular weight is 316 g/mol. The molecule has 1 unspecified atom stereocenters. The third-order valence-corrected chi connectivity index (χ3v) is 4.61. The number of halogens is 1. The molecule has 122 valence electrons. The van der Waals surface area contributed by atoms with Crippen LogP contribution in [-0.4, -0.2) is 23.6 Å². The highest BCUT2D eigenvalue weighted by Gasteiger charge is 2.33. The Morgan fingerprint density at radius 3 is 2.96 bits per heavy atom. The van der Waals surface area contributed by atoms with Gasteiger partial charge >= 0.3 is 0 Å². The average Bonchev–Trinajstić information content (AvgIpc) is 3.10. The molecule has 2 atom stereocenters. The maximum Gasteiger partial charge on any atom is 0.279 e. The van der Waals surface area contributed by atoms with E-state index in [-0.39, 0.29) is 17.4 Å². The molecule has 0 aliphatic carbocycles. The van der Waals surface area contributed by atoms with Gasteiger partial charge in [-0.2, -0.15) is 0 Å². The number of aromatic nitrogens is 1. The van der Waals surface area contributed by atoms with Crippen molar-refractivity contribution >= 4 is 11.6 Å². The lowest BCUT2D eigenvalue weighted by Crippen LogP contribution is -3.11. The van der Waals surface area contributed by atoms with Crippen molar-refractivity contribution in [1.82, 2.24) is 4.57 Å². The second-order valence-corrected chi connectivity index (χ2v) is 6.36. The highest BCUT2D eigenvalue weighted by Crippen LogP contribution is 2.19. The number of nitrogens with zero attached hydrogens (tertiary/aromatic N) is 1. The van der Waals surface area contributed by atoms with Gasteiger partial charge in [0.2, 0.25) is 0 Å². The van der Waals surface area contributed by atoms with Crippen molar-refractivity contribution in [2.75, 3.05) is 18.4 Å². The number of hydrogen-bond acceptors (Lipinski definition) is 1. The summed E-state index contributed by atoms with van der Waals surface area (Å²) in [6, 6.07) is 9.35. The molecule has 0 radical (unpaired) electrons. The van der Waals surface area contributed by atoms with Gasteiger partial charge in [0.25, 0.3) is 5.91 Å². The van der Waals surface area contributed by atoms with Crippen LogP contribution in [0.1, 0.15) is 30.1 Å². The summed E-state index contributed by atoms with van der Waals surface area (Å²) >= 11 is 0. The van der Waals surface area contributed by atoms with E-state index in [4.69, 9.17) is 0 Å². The van der Waals surface area contributed by atoms with Crippen molar-refractivity contribution in [2.45, 2.75) is 25.8 Å². The van der Waals surface area contributed by atoms with Gasteiger partial charge in [-0.3, -0.25) is 4.79 Å². The van der Waals surface area contributed by atoms with Crippen molar-refractivity contribution in [1.29, 1.82) is 0 Å². The molecule has 4 nitrogen and oxygen atoms in total. The number of carbonyl (C=O) groups is 1. The lowest BCUT2D eigenvalue weighted by molar-refractivity contribution is -0.910. The molecule has 0 bridgehead atoms. The Balaban J connectivity index is 1.66. The molecule has 1 amide bonds. The number of benzene rings is 1. The zero-order valence-electron chi connectivity index (χ0n) is 13.6. The van der Waals surface area contributed by atoms with E-state index in [0.717, 1.165) is 24.9 Å². The van der Waals surface area contributed by atoms with E-state index < -0.39 is 0 Å². The topological polar surface area (TPSA) is 38.5 Å². The molecular formula is C18H23FN3O+. The minimum atomic E-state index is -0.381. The highest BCUT2D eigenvalue weighted by atomic mass is 19.1. The van der Waals surface area contributed by atoms with Gasteiger partial charge in [0.1, 0.15) is 11.9 Å². The molecule has 0 spiro atoms. The summed E-state index contributed by atoms with van der Waals surface area (Å²) in [4.78, 5) is 13.5. The van der Waals surface area contributed by atoms with Gasteiger partial charge < -0.3 is 14.8 Å². The summed E-state index contributed by atoms with van der Waals surface area (Å²) in [6.45, 7) is 3.16. The Morgan fingerprint density at radius 1 is 1.43 bits per heavy atom. The van der Waals surface area contributed by atoms with Crippen molar-refractivity contribution in [3.63, 3.8) is 0 Å². The van der Waals surface area contributed by atoms with E-state index >= 15 is 0 Å². The Morgan fingerprint density at radius 2 is 2.26 bits per heavy atom. The minimum Gasteiger partial charge on any atom is -0.350 e. The number of quaternary nitrogens is 1. The van der Waals surface area contributed by atoms with Crippen LogP contribution in [0.25, 0.3) is 0 Å². The zero-order valence-corrected chi connectivity index (χ0v) is 13.6. The van der Waals surface area contributed by atoms with Crippen molar-refractivity contribution in [3.8, 4) is 0 Å². The maximum atomic E-state index is 13.9. The van der Waals surface area contributed by atoms with E-state index in [1.54, 1.807) is 12.1 Å². The van der Waals surface area contributed by atoms with Crippen LogP contribution in [0.4, 0.5) is 10.1 Å². The summed E-state index contributed by atoms with van der Waals surface area (Å²) in [5, 5.41) is 2.70. The number of rotatable bonds is 4. The molecule has 23 heavy (non-hydrogen) atoms. The van der Waals surface area contributed by atoms with Gasteiger partial charge in [0.15, 0.2) is 6.54 Å². The zero-order chi connectivity index (χ0) is 16.4. The summed E-state index contributed by atoms with van der Waals surface area (Å²) in [5.74, 6) is -0.516. The molecule has 1 saturated heterocycles. The number of aryl methyl sites for hydroxylation is 2. The van der Waals surface area contributed by atoms with Gasteiger partial charge in [-0.05, 0) is 36.8 Å². The standard InChI is InChI=1S/C18H22FN3O/c1-13-7-8-15(14(19)11-13)20-18(23)12-22-10-4-6-17(22)16-5-3-9-21(16)2/h3,5,7-9,11,17H,4,6,10,12H2,1-2H3,(H,20,23)/p+1/t17-/m1/s1. The molecule has 2 N–H and O–H groups in total. The predicted octanol–water partition coefficient (Wildman–Crippen LogP) is 1.83. The highest BCUT2D eigenvalue weighted by molar-refractivity contribution is 5.91. The Kier molecular flexibility index (Phi) is 4.48. The maximum absolute atomic E-state index is 13.9. The van der Waals surface area contributed by atoms with Crippen LogP contribution >= 0.6 is 0 Å². The second kappa shape index (κ2) is 6.54. The first-order valence-electron chi connectivity index (χ1n) is 8.06. The molecule has 3 rings (SSSR count). The fraction of sp³-hybridized carbons (Fsp3) is 0.389. The van der Waals surface area contributed by atoms with Gasteiger partial charge in [0.05, 0.1) is 17.9 Å². The van der Waals surface area contributed by atoms with Gasteiger partial charge in [-0.1, -0.05) is 6.07 Å². The molecule has 2 heterocycles. The number of carbonyl (C=O) groups excluding carboxylic acids is 1. The first-order chi connectivity index (χ1) is 11.0. The quantitative estimate of drug-likeness (QED) is 0.887. The third kappa shape index (κ3) is 3.45. The van der Waals surface area contributed by atoms with Crippen LogP contribution < -0.4 is 10.2 Å². The van der Waals surface area contributed by atoms with E-state index in [0.29, 0.717) is 12.6 Å². The molecule has 1 aromatic carbocycles. The molecule has 2 aromatic rings. The minimum absolute atomic E-state index is 0.135. The van der Waals surface area contributed by atoms with Gasteiger partial charge in [0, 0.05) is 26.1 Å². The molecule has 5 heteroatoms. The Bertz CT molecular complexity index is 710. The second-order valence-electron chi connectivity index (χ2n) is 6.36. The van der Waals surface area contributed by atoms with E-state index in [1.807, 2.05) is 26.2 Å². The fourth-order valence-corrected chi connectivity index (χ4v) is 3.44. The molecule has 1 fully saturated rings. The van der Waals surface area contributed by atoms with Crippen LogP contribution in [-0.2, 0) is 11.8 Å². The normalized spacial score (nSPS) is 20.7. The van der Waals surface area contributed by atoms with Crippen molar-refractivity contribution in [2.24, 2.45) is 7.05 Å². The van der Waals surface area contributed by atoms with Crippen LogP contribution in [0.15, 0.2) is 36.5 Å². The number of anilines is 1. The van der Waals surface area contributed by atoms with Crippen LogP contribution in [0.3, 0.4) is 0 Å². The summed E-state index contributed by atoms with van der Waals surface area (Å²) in [6.07, 6.45) is 4.23.